The van der Waals surface area contributed by atoms with Crippen LogP contribution in [0.15, 0.2) is 18.2 Å². The average Bonchev–Trinajstić information content (AvgIpc) is 2.60. The Morgan fingerprint density at radius 1 is 1.22 bits per heavy atom. The summed E-state index contributed by atoms with van der Waals surface area (Å²) in [7, 11) is 0. The van der Waals surface area contributed by atoms with Crippen LogP contribution in [0.2, 0.25) is 0 Å². The normalized spacial score (nSPS) is 17.2. The smallest absolute Gasteiger partial charge is 0.274 e. The predicted octanol–water partition coefficient (Wildman–Crippen LogP) is 4.04. The summed E-state index contributed by atoms with van der Waals surface area (Å²) >= 11 is 0. The van der Waals surface area contributed by atoms with Gasteiger partial charge < -0.3 is 5.32 Å². The number of benzene rings is 1. The van der Waals surface area contributed by atoms with Gasteiger partial charge in [-0.3, -0.25) is 10.1 Å². The third kappa shape index (κ3) is 3.00. The maximum atomic E-state index is 10.9. The minimum absolute atomic E-state index is 0.202. The van der Waals surface area contributed by atoms with E-state index in [1.54, 1.807) is 12.1 Å². The third-order valence-corrected chi connectivity index (χ3v) is 3.72. The summed E-state index contributed by atoms with van der Waals surface area (Å²) in [4.78, 5) is 10.6. The molecule has 1 saturated carbocycles. The first-order valence-electron chi connectivity index (χ1n) is 6.69. The van der Waals surface area contributed by atoms with Crippen molar-refractivity contribution in [2.75, 3.05) is 5.32 Å². The van der Waals surface area contributed by atoms with E-state index in [-0.39, 0.29) is 10.6 Å². The molecule has 4 heteroatoms. The molecule has 0 unspecified atom stereocenters. The van der Waals surface area contributed by atoms with Crippen molar-refractivity contribution in [1.29, 1.82) is 0 Å². The molecule has 1 N–H and O–H groups in total. The Kier molecular flexibility index (Phi) is 4.18. The fraction of sp³-hybridized carbons (Fsp3) is 0.571. The highest BCUT2D eigenvalue weighted by Gasteiger charge is 2.17. The second-order valence-corrected chi connectivity index (χ2v) is 5.04. The number of nitrogens with one attached hydrogen (secondary N) is 1. The number of rotatable bonds is 3. The molecule has 0 aliphatic heterocycles. The number of nitrogens with zero attached hydrogens (tertiary/aromatic N) is 1. The molecule has 0 aromatic heterocycles. The highest BCUT2D eigenvalue weighted by molar-refractivity contribution is 5.60. The number of nitro benzene ring substituents is 1. The average molecular weight is 248 g/mol. The van der Waals surface area contributed by atoms with Gasteiger partial charge in [-0.15, -0.1) is 0 Å². The molecule has 18 heavy (non-hydrogen) atoms. The van der Waals surface area contributed by atoms with Crippen LogP contribution in [0.3, 0.4) is 0 Å². The van der Waals surface area contributed by atoms with Gasteiger partial charge in [0, 0.05) is 23.4 Å². The quantitative estimate of drug-likeness (QED) is 0.499. The van der Waals surface area contributed by atoms with Gasteiger partial charge in [-0.1, -0.05) is 31.7 Å². The molecule has 4 nitrogen and oxygen atoms in total. The molecule has 1 aromatic carbocycles. The SMILES string of the molecule is Cc1c(NC2CCCCCC2)cccc1[N+](=O)[O-]. The van der Waals surface area contributed by atoms with E-state index >= 15 is 0 Å². The second-order valence-electron chi connectivity index (χ2n) is 5.04. The van der Waals surface area contributed by atoms with Crippen LogP contribution in [-0.4, -0.2) is 11.0 Å². The molecule has 0 spiro atoms. The molecule has 1 fully saturated rings. The van der Waals surface area contributed by atoms with Gasteiger partial charge in [0.15, 0.2) is 0 Å². The molecule has 0 amide bonds. The van der Waals surface area contributed by atoms with Crippen molar-refractivity contribution < 1.29 is 4.92 Å². The Morgan fingerprint density at radius 2 is 1.89 bits per heavy atom. The van der Waals surface area contributed by atoms with Crippen LogP contribution >= 0.6 is 0 Å². The Hall–Kier alpha value is -1.58. The van der Waals surface area contributed by atoms with E-state index in [1.807, 2.05) is 13.0 Å². The Bertz CT molecular complexity index is 424. The van der Waals surface area contributed by atoms with Crippen molar-refractivity contribution in [3.05, 3.63) is 33.9 Å². The van der Waals surface area contributed by atoms with E-state index in [1.165, 1.54) is 38.5 Å². The standard InChI is InChI=1S/C14H20N2O2/c1-11-13(9-6-10-14(11)16(17)18)15-12-7-4-2-3-5-8-12/h6,9-10,12,15H,2-5,7-8H2,1H3. The zero-order valence-corrected chi connectivity index (χ0v) is 10.8. The van der Waals surface area contributed by atoms with Crippen LogP contribution < -0.4 is 5.32 Å². The van der Waals surface area contributed by atoms with E-state index in [9.17, 15) is 10.1 Å². The topological polar surface area (TPSA) is 55.2 Å². The summed E-state index contributed by atoms with van der Waals surface area (Å²) in [5, 5.41) is 14.4. The molecular formula is C14H20N2O2. The first-order valence-corrected chi connectivity index (χ1v) is 6.69. The van der Waals surface area contributed by atoms with E-state index < -0.39 is 0 Å². The lowest BCUT2D eigenvalue weighted by molar-refractivity contribution is -0.385. The van der Waals surface area contributed by atoms with Crippen LogP contribution in [0.4, 0.5) is 11.4 Å². The van der Waals surface area contributed by atoms with Crippen LogP contribution in [0.1, 0.15) is 44.1 Å². The van der Waals surface area contributed by atoms with Crippen molar-refractivity contribution in [1.82, 2.24) is 0 Å². The van der Waals surface area contributed by atoms with Crippen LogP contribution in [-0.2, 0) is 0 Å². The van der Waals surface area contributed by atoms with Gasteiger partial charge in [0.05, 0.1) is 4.92 Å². The molecule has 1 aliphatic rings. The van der Waals surface area contributed by atoms with Gasteiger partial charge in [0.1, 0.15) is 0 Å². The van der Waals surface area contributed by atoms with Gasteiger partial charge in [-0.05, 0) is 25.8 Å². The Morgan fingerprint density at radius 3 is 2.50 bits per heavy atom. The number of hydrogen-bond donors (Lipinski definition) is 1. The maximum absolute atomic E-state index is 10.9. The lowest BCUT2D eigenvalue weighted by Gasteiger charge is -2.19. The lowest BCUT2D eigenvalue weighted by atomic mass is 10.1. The van der Waals surface area contributed by atoms with Crippen LogP contribution in [0.5, 0.6) is 0 Å². The van der Waals surface area contributed by atoms with Crippen LogP contribution in [0.25, 0.3) is 0 Å². The highest BCUT2D eigenvalue weighted by atomic mass is 16.6. The molecule has 0 atom stereocenters. The molecule has 0 bridgehead atoms. The first-order chi connectivity index (χ1) is 8.68. The van der Waals surface area contributed by atoms with Crippen molar-refractivity contribution in [2.24, 2.45) is 0 Å². The summed E-state index contributed by atoms with van der Waals surface area (Å²) in [5.74, 6) is 0. The van der Waals surface area contributed by atoms with Crippen molar-refractivity contribution >= 4 is 11.4 Å². The maximum Gasteiger partial charge on any atom is 0.274 e. The number of anilines is 1. The van der Waals surface area contributed by atoms with Gasteiger partial charge >= 0.3 is 0 Å². The lowest BCUT2D eigenvalue weighted by Crippen LogP contribution is -2.19. The minimum Gasteiger partial charge on any atom is -0.382 e. The first kappa shape index (κ1) is 12.9. The summed E-state index contributed by atoms with van der Waals surface area (Å²) < 4.78 is 0. The van der Waals surface area contributed by atoms with E-state index in [0.29, 0.717) is 6.04 Å². The third-order valence-electron chi connectivity index (χ3n) is 3.72. The molecule has 0 heterocycles. The fourth-order valence-electron chi connectivity index (χ4n) is 2.62. The zero-order chi connectivity index (χ0) is 13.0. The van der Waals surface area contributed by atoms with Gasteiger partial charge in [0.2, 0.25) is 0 Å². The van der Waals surface area contributed by atoms with Crippen molar-refractivity contribution in [2.45, 2.75) is 51.5 Å². The monoisotopic (exact) mass is 248 g/mol. The molecule has 1 aliphatic carbocycles. The minimum atomic E-state index is -0.312. The molecule has 1 aromatic rings. The zero-order valence-electron chi connectivity index (χ0n) is 10.8. The predicted molar refractivity (Wildman–Crippen MR) is 72.9 cm³/mol. The van der Waals surface area contributed by atoms with Gasteiger partial charge in [0.25, 0.3) is 5.69 Å². The highest BCUT2D eigenvalue weighted by Crippen LogP contribution is 2.28. The van der Waals surface area contributed by atoms with E-state index in [2.05, 4.69) is 5.32 Å². The molecule has 98 valence electrons. The number of hydrogen-bond acceptors (Lipinski definition) is 3. The van der Waals surface area contributed by atoms with Crippen molar-refractivity contribution in [3.63, 3.8) is 0 Å². The largest absolute Gasteiger partial charge is 0.382 e. The Balaban J connectivity index is 2.13. The molecule has 2 rings (SSSR count). The summed E-state index contributed by atoms with van der Waals surface area (Å²) in [6.45, 7) is 1.82. The summed E-state index contributed by atoms with van der Waals surface area (Å²) in [6.07, 6.45) is 7.47. The van der Waals surface area contributed by atoms with Gasteiger partial charge in [-0.25, -0.2) is 0 Å². The fourth-order valence-corrected chi connectivity index (χ4v) is 2.62. The Labute approximate surface area is 108 Å². The van der Waals surface area contributed by atoms with Crippen molar-refractivity contribution in [3.8, 4) is 0 Å². The van der Waals surface area contributed by atoms with E-state index in [4.69, 9.17) is 0 Å². The summed E-state index contributed by atoms with van der Waals surface area (Å²) in [5.41, 5.74) is 1.86. The van der Waals surface area contributed by atoms with E-state index in [0.717, 1.165) is 11.3 Å². The molecule has 0 radical (unpaired) electrons. The van der Waals surface area contributed by atoms with Gasteiger partial charge in [-0.2, -0.15) is 0 Å². The molecular weight excluding hydrogens is 228 g/mol. The summed E-state index contributed by atoms with van der Waals surface area (Å²) in [6, 6.07) is 5.72. The second kappa shape index (κ2) is 5.85. The molecule has 0 saturated heterocycles. The van der Waals surface area contributed by atoms with Crippen LogP contribution in [0, 0.1) is 17.0 Å². The number of nitro groups is 1.